The molecule has 0 radical (unpaired) electrons. The summed E-state index contributed by atoms with van der Waals surface area (Å²) < 4.78 is 10.8. The maximum absolute atomic E-state index is 13.4. The standard InChI is InChI=1S/C23H28N4O4/c1-4-5-10-26(3)22(28)16-8-11-27(12-9-16)23(29)17-14-18(19-7-6-13-30-19)24-21-20(17)15(2)25-31-21/h6-7,13-14,16H,4-5,8-12H2,1-3H3. The van der Waals surface area contributed by atoms with Crippen LogP contribution in [0.2, 0.25) is 0 Å². The fourth-order valence-corrected chi connectivity index (χ4v) is 4.13. The first-order valence-electron chi connectivity index (χ1n) is 10.8. The molecule has 0 aliphatic carbocycles. The van der Waals surface area contributed by atoms with Crippen LogP contribution >= 0.6 is 0 Å². The maximum Gasteiger partial charge on any atom is 0.259 e. The van der Waals surface area contributed by atoms with Crippen molar-refractivity contribution < 1.29 is 18.5 Å². The molecule has 1 fully saturated rings. The highest BCUT2D eigenvalue weighted by atomic mass is 16.5. The Morgan fingerprint density at radius 2 is 2.06 bits per heavy atom. The fourth-order valence-electron chi connectivity index (χ4n) is 4.13. The number of pyridine rings is 1. The summed E-state index contributed by atoms with van der Waals surface area (Å²) in [6.45, 7) is 5.79. The lowest BCUT2D eigenvalue weighted by molar-refractivity contribution is -0.135. The average molecular weight is 425 g/mol. The van der Waals surface area contributed by atoms with E-state index in [2.05, 4.69) is 17.1 Å². The third kappa shape index (κ3) is 4.19. The number of nitrogens with zero attached hydrogens (tertiary/aromatic N) is 4. The molecule has 4 heterocycles. The second-order valence-corrected chi connectivity index (χ2v) is 8.16. The lowest BCUT2D eigenvalue weighted by atomic mass is 9.94. The van der Waals surface area contributed by atoms with E-state index in [-0.39, 0.29) is 17.7 Å². The van der Waals surface area contributed by atoms with Crippen LogP contribution in [0.25, 0.3) is 22.6 Å². The number of rotatable bonds is 6. The van der Waals surface area contributed by atoms with Crippen LogP contribution in [0.3, 0.4) is 0 Å². The zero-order chi connectivity index (χ0) is 22.0. The van der Waals surface area contributed by atoms with Crippen molar-refractivity contribution in [2.75, 3.05) is 26.7 Å². The van der Waals surface area contributed by atoms with Gasteiger partial charge in [-0.3, -0.25) is 9.59 Å². The Bertz CT molecular complexity index is 1060. The molecule has 1 aliphatic heterocycles. The Kier molecular flexibility index (Phi) is 6.06. The molecule has 3 aromatic heterocycles. The number of amides is 2. The molecule has 3 aromatic rings. The van der Waals surface area contributed by atoms with E-state index >= 15 is 0 Å². The molecule has 0 aromatic carbocycles. The summed E-state index contributed by atoms with van der Waals surface area (Å²) >= 11 is 0. The minimum absolute atomic E-state index is 0.0284. The highest BCUT2D eigenvalue weighted by molar-refractivity contribution is 6.07. The number of piperidine rings is 1. The molecule has 0 bridgehead atoms. The van der Waals surface area contributed by atoms with E-state index in [1.807, 2.05) is 16.8 Å². The quantitative estimate of drug-likeness (QED) is 0.596. The van der Waals surface area contributed by atoms with Crippen LogP contribution in [0.5, 0.6) is 0 Å². The summed E-state index contributed by atoms with van der Waals surface area (Å²) in [5.41, 5.74) is 1.97. The summed E-state index contributed by atoms with van der Waals surface area (Å²) in [5.74, 6) is 0.613. The van der Waals surface area contributed by atoms with E-state index in [1.54, 1.807) is 31.4 Å². The molecular formula is C23H28N4O4. The number of carbonyl (C=O) groups is 2. The van der Waals surface area contributed by atoms with Crippen LogP contribution in [-0.2, 0) is 4.79 Å². The third-order valence-corrected chi connectivity index (χ3v) is 5.98. The van der Waals surface area contributed by atoms with Gasteiger partial charge in [0.25, 0.3) is 11.6 Å². The van der Waals surface area contributed by atoms with Gasteiger partial charge in [0.2, 0.25) is 5.91 Å². The fraction of sp³-hybridized carbons (Fsp3) is 0.478. The second-order valence-electron chi connectivity index (χ2n) is 8.16. The largest absolute Gasteiger partial charge is 0.463 e. The molecule has 0 unspecified atom stereocenters. The minimum atomic E-state index is -0.100. The van der Waals surface area contributed by atoms with Crippen molar-refractivity contribution in [3.8, 4) is 11.5 Å². The predicted octanol–water partition coefficient (Wildman–Crippen LogP) is 3.90. The van der Waals surface area contributed by atoms with Gasteiger partial charge in [0.05, 0.1) is 22.9 Å². The molecule has 0 saturated carbocycles. The van der Waals surface area contributed by atoms with Crippen molar-refractivity contribution in [3.63, 3.8) is 0 Å². The van der Waals surface area contributed by atoms with Gasteiger partial charge in [-0.1, -0.05) is 18.5 Å². The zero-order valence-electron chi connectivity index (χ0n) is 18.3. The Hall–Kier alpha value is -3.16. The molecule has 8 nitrogen and oxygen atoms in total. The van der Waals surface area contributed by atoms with Crippen molar-refractivity contribution >= 4 is 22.9 Å². The van der Waals surface area contributed by atoms with Gasteiger partial charge < -0.3 is 18.7 Å². The van der Waals surface area contributed by atoms with E-state index < -0.39 is 0 Å². The van der Waals surface area contributed by atoms with Crippen molar-refractivity contribution in [2.24, 2.45) is 5.92 Å². The smallest absolute Gasteiger partial charge is 0.259 e. The van der Waals surface area contributed by atoms with Gasteiger partial charge in [0.15, 0.2) is 5.76 Å². The molecule has 31 heavy (non-hydrogen) atoms. The molecule has 0 atom stereocenters. The number of fused-ring (bicyclic) bond motifs is 1. The highest BCUT2D eigenvalue weighted by Crippen LogP contribution is 2.29. The second kappa shape index (κ2) is 8.91. The van der Waals surface area contributed by atoms with E-state index in [4.69, 9.17) is 8.94 Å². The van der Waals surface area contributed by atoms with Gasteiger partial charge in [-0.05, 0) is 44.4 Å². The van der Waals surface area contributed by atoms with Crippen LogP contribution in [0.4, 0.5) is 0 Å². The first-order chi connectivity index (χ1) is 15.0. The zero-order valence-corrected chi connectivity index (χ0v) is 18.3. The number of unbranched alkanes of at least 4 members (excludes halogenated alkanes) is 1. The van der Waals surface area contributed by atoms with E-state index in [1.165, 1.54) is 0 Å². The highest BCUT2D eigenvalue weighted by Gasteiger charge is 2.31. The number of aryl methyl sites for hydroxylation is 1. The number of furan rings is 1. The molecule has 0 spiro atoms. The van der Waals surface area contributed by atoms with Gasteiger partial charge in [-0.15, -0.1) is 0 Å². The molecule has 1 aliphatic rings. The Morgan fingerprint density at radius 1 is 1.29 bits per heavy atom. The van der Waals surface area contributed by atoms with Crippen molar-refractivity contribution in [1.82, 2.24) is 19.9 Å². The molecule has 164 valence electrons. The summed E-state index contributed by atoms with van der Waals surface area (Å²) in [7, 11) is 1.87. The van der Waals surface area contributed by atoms with Crippen LogP contribution < -0.4 is 0 Å². The summed E-state index contributed by atoms with van der Waals surface area (Å²) in [6.07, 6.45) is 4.97. The lowest BCUT2D eigenvalue weighted by Gasteiger charge is -2.33. The monoisotopic (exact) mass is 424 g/mol. The summed E-state index contributed by atoms with van der Waals surface area (Å²) in [4.78, 5) is 34.2. The third-order valence-electron chi connectivity index (χ3n) is 5.98. The number of carbonyl (C=O) groups excluding carboxylic acids is 2. The van der Waals surface area contributed by atoms with Crippen molar-refractivity contribution in [1.29, 1.82) is 0 Å². The van der Waals surface area contributed by atoms with Gasteiger partial charge in [0.1, 0.15) is 5.69 Å². The van der Waals surface area contributed by atoms with E-state index in [9.17, 15) is 9.59 Å². The number of hydrogen-bond acceptors (Lipinski definition) is 6. The van der Waals surface area contributed by atoms with Gasteiger partial charge in [-0.2, -0.15) is 0 Å². The number of aromatic nitrogens is 2. The minimum Gasteiger partial charge on any atom is -0.463 e. The predicted molar refractivity (Wildman–Crippen MR) is 115 cm³/mol. The first-order valence-corrected chi connectivity index (χ1v) is 10.8. The van der Waals surface area contributed by atoms with Crippen molar-refractivity contribution in [2.45, 2.75) is 39.5 Å². The SMILES string of the molecule is CCCCN(C)C(=O)C1CCN(C(=O)c2cc(-c3ccco3)nc3onc(C)c23)CC1. The van der Waals surface area contributed by atoms with E-state index in [0.29, 0.717) is 59.7 Å². The molecular weight excluding hydrogens is 396 g/mol. The number of likely N-dealkylation sites (tertiary alicyclic amines) is 1. The molecule has 1 saturated heterocycles. The Morgan fingerprint density at radius 3 is 2.74 bits per heavy atom. The topological polar surface area (TPSA) is 92.7 Å². The first kappa shape index (κ1) is 21.1. The Balaban J connectivity index is 1.53. The maximum atomic E-state index is 13.4. The van der Waals surface area contributed by atoms with Gasteiger partial charge in [0, 0.05) is 32.6 Å². The molecule has 8 heteroatoms. The molecule has 4 rings (SSSR count). The van der Waals surface area contributed by atoms with Crippen LogP contribution in [-0.4, -0.2) is 58.4 Å². The van der Waals surface area contributed by atoms with Crippen molar-refractivity contribution in [3.05, 3.63) is 35.7 Å². The van der Waals surface area contributed by atoms with Crippen LogP contribution in [0, 0.1) is 12.8 Å². The van der Waals surface area contributed by atoms with Gasteiger partial charge >= 0.3 is 0 Å². The van der Waals surface area contributed by atoms with Gasteiger partial charge in [-0.25, -0.2) is 4.98 Å². The normalized spacial score (nSPS) is 14.9. The Labute approximate surface area is 181 Å². The van der Waals surface area contributed by atoms with Crippen LogP contribution in [0.1, 0.15) is 48.7 Å². The molecule has 2 amide bonds. The number of hydrogen-bond donors (Lipinski definition) is 0. The van der Waals surface area contributed by atoms with Crippen LogP contribution in [0.15, 0.2) is 33.4 Å². The average Bonchev–Trinajstić information content (AvgIpc) is 3.46. The summed E-state index contributed by atoms with van der Waals surface area (Å²) in [6, 6.07) is 5.30. The van der Waals surface area contributed by atoms with E-state index in [0.717, 1.165) is 19.4 Å². The summed E-state index contributed by atoms with van der Waals surface area (Å²) in [5, 5.41) is 4.62. The lowest BCUT2D eigenvalue weighted by Crippen LogP contribution is -2.43. The molecule has 0 N–H and O–H groups in total.